The highest BCUT2D eigenvalue weighted by molar-refractivity contribution is 5.87. The first-order chi connectivity index (χ1) is 13.1. The number of ether oxygens (including phenoxy) is 1. The Morgan fingerprint density at radius 2 is 1.89 bits per heavy atom. The second-order valence-corrected chi connectivity index (χ2v) is 6.08. The van der Waals surface area contributed by atoms with Gasteiger partial charge in [-0.25, -0.2) is 14.2 Å². The van der Waals surface area contributed by atoms with Crippen LogP contribution in [-0.4, -0.2) is 27.2 Å². The number of aromatic carboxylic acids is 1. The van der Waals surface area contributed by atoms with Crippen molar-refractivity contribution in [2.75, 3.05) is 6.61 Å². The summed E-state index contributed by atoms with van der Waals surface area (Å²) >= 11 is 0. The van der Waals surface area contributed by atoms with Crippen LogP contribution in [0.15, 0.2) is 72.8 Å². The molecule has 0 aliphatic heterocycles. The fourth-order valence-electron chi connectivity index (χ4n) is 2.59. The summed E-state index contributed by atoms with van der Waals surface area (Å²) in [6, 6.07) is 12.9. The molecule has 2 aromatic carbocycles. The van der Waals surface area contributed by atoms with Crippen LogP contribution in [0, 0.1) is 5.82 Å². The summed E-state index contributed by atoms with van der Waals surface area (Å²) in [5.41, 5.74) is 3.03. The first-order valence-corrected chi connectivity index (χ1v) is 8.41. The summed E-state index contributed by atoms with van der Waals surface area (Å²) in [5.74, 6) is -1.23. The average Bonchev–Trinajstić information content (AvgIpc) is 3.17. The monoisotopic (exact) mass is 366 g/mol. The van der Waals surface area contributed by atoms with Crippen molar-refractivity contribution in [3.05, 3.63) is 95.3 Å². The molecule has 0 saturated heterocycles. The van der Waals surface area contributed by atoms with Gasteiger partial charge in [-0.05, 0) is 41.0 Å². The average molecular weight is 366 g/mol. The molecule has 1 aromatic heterocycles. The fourth-order valence-corrected chi connectivity index (χ4v) is 2.59. The molecule has 3 aromatic rings. The number of carbonyl (C=O) groups is 1. The van der Waals surface area contributed by atoms with Gasteiger partial charge in [0.1, 0.15) is 5.82 Å². The van der Waals surface area contributed by atoms with Crippen molar-refractivity contribution in [1.29, 1.82) is 0 Å². The van der Waals surface area contributed by atoms with E-state index in [1.807, 2.05) is 16.8 Å². The van der Waals surface area contributed by atoms with Crippen LogP contribution in [0.5, 0.6) is 0 Å². The smallest absolute Gasteiger partial charge is 0.335 e. The Hall–Kier alpha value is -3.25. The van der Waals surface area contributed by atoms with E-state index in [-0.39, 0.29) is 11.4 Å². The molecule has 1 heterocycles. The molecular formula is C21H19FN2O3. The lowest BCUT2D eigenvalue weighted by Crippen LogP contribution is -2.06. The zero-order valence-corrected chi connectivity index (χ0v) is 14.6. The van der Waals surface area contributed by atoms with E-state index in [0.29, 0.717) is 19.8 Å². The van der Waals surface area contributed by atoms with Gasteiger partial charge in [0.15, 0.2) is 0 Å². The van der Waals surface area contributed by atoms with Crippen molar-refractivity contribution < 1.29 is 19.0 Å². The van der Waals surface area contributed by atoms with Gasteiger partial charge >= 0.3 is 5.97 Å². The predicted octanol–water partition coefficient (Wildman–Crippen LogP) is 4.02. The number of carboxylic acids is 1. The van der Waals surface area contributed by atoms with E-state index in [1.54, 1.807) is 48.9 Å². The first-order valence-electron chi connectivity index (χ1n) is 8.41. The van der Waals surface area contributed by atoms with Crippen LogP contribution in [0.1, 0.15) is 21.5 Å². The molecule has 0 aliphatic carbocycles. The minimum absolute atomic E-state index is 0.246. The van der Waals surface area contributed by atoms with Crippen molar-refractivity contribution in [3.8, 4) is 0 Å². The molecule has 0 bridgehead atoms. The molecule has 0 spiro atoms. The lowest BCUT2D eigenvalue weighted by Gasteiger charge is -2.10. The van der Waals surface area contributed by atoms with Gasteiger partial charge in [0.25, 0.3) is 0 Å². The lowest BCUT2D eigenvalue weighted by atomic mass is 10.1. The zero-order chi connectivity index (χ0) is 19.1. The molecular weight excluding hydrogens is 347 g/mol. The van der Waals surface area contributed by atoms with Crippen molar-refractivity contribution in [1.82, 2.24) is 9.55 Å². The van der Waals surface area contributed by atoms with Crippen molar-refractivity contribution in [2.45, 2.75) is 13.2 Å². The number of benzene rings is 2. The third-order valence-electron chi connectivity index (χ3n) is 3.94. The number of carboxylic acid groups (broad SMARTS) is 1. The van der Waals surface area contributed by atoms with Crippen LogP contribution in [0.3, 0.4) is 0 Å². The molecule has 0 amide bonds. The number of rotatable bonds is 8. The maximum absolute atomic E-state index is 13.0. The topological polar surface area (TPSA) is 64.3 Å². The van der Waals surface area contributed by atoms with Gasteiger partial charge in [-0.2, -0.15) is 0 Å². The summed E-state index contributed by atoms with van der Waals surface area (Å²) in [4.78, 5) is 15.0. The number of halogens is 1. The van der Waals surface area contributed by atoms with Crippen LogP contribution in [-0.2, 0) is 17.9 Å². The molecule has 0 unspecified atom stereocenters. The van der Waals surface area contributed by atoms with E-state index < -0.39 is 5.97 Å². The molecule has 1 N–H and O–H groups in total. The lowest BCUT2D eigenvalue weighted by molar-refractivity contribution is 0.0697. The standard InChI is InChI=1S/C21H19FN2O3/c22-20-7-3-17(4-8-20)13-27-14-18(12-24-10-9-23-15-24)11-16-1-5-19(6-2-16)21(25)26/h1-11,15H,12-14H2,(H,25,26)/b18-11+. The van der Waals surface area contributed by atoms with Gasteiger partial charge in [0.2, 0.25) is 0 Å². The predicted molar refractivity (Wildman–Crippen MR) is 99.7 cm³/mol. The Bertz CT molecular complexity index is 902. The van der Waals surface area contributed by atoms with Gasteiger partial charge in [-0.3, -0.25) is 0 Å². The molecule has 0 aliphatic rings. The molecule has 6 heteroatoms. The number of hydrogen-bond donors (Lipinski definition) is 1. The number of nitrogens with zero attached hydrogens (tertiary/aromatic N) is 2. The van der Waals surface area contributed by atoms with E-state index >= 15 is 0 Å². The molecule has 0 atom stereocenters. The Labute approximate surface area is 156 Å². The quantitative estimate of drug-likeness (QED) is 0.654. The van der Waals surface area contributed by atoms with E-state index in [1.165, 1.54) is 12.1 Å². The van der Waals surface area contributed by atoms with E-state index in [9.17, 15) is 9.18 Å². The van der Waals surface area contributed by atoms with Crippen molar-refractivity contribution >= 4 is 12.0 Å². The summed E-state index contributed by atoms with van der Waals surface area (Å²) in [6.45, 7) is 1.36. The summed E-state index contributed by atoms with van der Waals surface area (Å²) in [6.07, 6.45) is 7.26. The van der Waals surface area contributed by atoms with Gasteiger partial charge in [-0.1, -0.05) is 30.3 Å². The fraction of sp³-hybridized carbons (Fsp3) is 0.143. The van der Waals surface area contributed by atoms with Crippen molar-refractivity contribution in [2.24, 2.45) is 0 Å². The molecule has 3 rings (SSSR count). The molecule has 27 heavy (non-hydrogen) atoms. The Morgan fingerprint density at radius 3 is 2.52 bits per heavy atom. The highest BCUT2D eigenvalue weighted by atomic mass is 19.1. The van der Waals surface area contributed by atoms with Crippen LogP contribution in [0.25, 0.3) is 6.08 Å². The van der Waals surface area contributed by atoms with E-state index in [2.05, 4.69) is 4.98 Å². The summed E-state index contributed by atoms with van der Waals surface area (Å²) < 4.78 is 20.7. The second-order valence-electron chi connectivity index (χ2n) is 6.08. The molecule has 0 radical (unpaired) electrons. The molecule has 0 fully saturated rings. The minimum Gasteiger partial charge on any atom is -0.478 e. The Morgan fingerprint density at radius 1 is 1.15 bits per heavy atom. The third kappa shape index (κ3) is 5.62. The SMILES string of the molecule is O=C(O)c1ccc(/C=C(/COCc2ccc(F)cc2)Cn2ccnc2)cc1. The molecule has 0 saturated carbocycles. The Kier molecular flexibility index (Phi) is 6.12. The molecule has 138 valence electrons. The summed E-state index contributed by atoms with van der Waals surface area (Å²) in [7, 11) is 0. The van der Waals surface area contributed by atoms with Gasteiger partial charge in [-0.15, -0.1) is 0 Å². The van der Waals surface area contributed by atoms with Crippen LogP contribution >= 0.6 is 0 Å². The number of imidazole rings is 1. The van der Waals surface area contributed by atoms with Gasteiger partial charge < -0.3 is 14.4 Å². The van der Waals surface area contributed by atoms with Gasteiger partial charge in [0.05, 0.1) is 25.1 Å². The zero-order valence-electron chi connectivity index (χ0n) is 14.6. The summed E-state index contributed by atoms with van der Waals surface area (Å²) in [5, 5.41) is 9.00. The first kappa shape index (κ1) is 18.5. The number of hydrogen-bond acceptors (Lipinski definition) is 3. The maximum Gasteiger partial charge on any atom is 0.335 e. The highest BCUT2D eigenvalue weighted by Gasteiger charge is 2.04. The van der Waals surface area contributed by atoms with Crippen LogP contribution in [0.4, 0.5) is 4.39 Å². The van der Waals surface area contributed by atoms with E-state index in [0.717, 1.165) is 16.7 Å². The largest absolute Gasteiger partial charge is 0.478 e. The van der Waals surface area contributed by atoms with Gasteiger partial charge in [0, 0.05) is 18.9 Å². The Balaban J connectivity index is 1.69. The maximum atomic E-state index is 13.0. The normalized spacial score (nSPS) is 11.5. The third-order valence-corrected chi connectivity index (χ3v) is 3.94. The van der Waals surface area contributed by atoms with Crippen molar-refractivity contribution in [3.63, 3.8) is 0 Å². The second kappa shape index (κ2) is 8.91. The number of aromatic nitrogens is 2. The highest BCUT2D eigenvalue weighted by Crippen LogP contribution is 2.13. The van der Waals surface area contributed by atoms with Crippen LogP contribution < -0.4 is 0 Å². The van der Waals surface area contributed by atoms with Crippen LogP contribution in [0.2, 0.25) is 0 Å². The van der Waals surface area contributed by atoms with E-state index in [4.69, 9.17) is 9.84 Å². The minimum atomic E-state index is -0.952. The molecule has 5 nitrogen and oxygen atoms in total.